The Bertz CT molecular complexity index is 311. The average molecular weight is 234 g/mol. The third-order valence-corrected chi connectivity index (χ3v) is 4.68. The topological polar surface area (TPSA) is 0 Å². The van der Waals surface area contributed by atoms with Gasteiger partial charge in [0.05, 0.1) is 0 Å². The number of thioether (sulfide) groups is 1. The lowest BCUT2D eigenvalue weighted by atomic mass is 10.0. The van der Waals surface area contributed by atoms with Crippen LogP contribution in [0.4, 0.5) is 0 Å². The molecule has 1 aliphatic rings. The van der Waals surface area contributed by atoms with Crippen molar-refractivity contribution in [3.63, 3.8) is 0 Å². The van der Waals surface area contributed by atoms with Gasteiger partial charge in [0.25, 0.3) is 0 Å². The normalized spacial score (nSPS) is 19.1. The van der Waals surface area contributed by atoms with E-state index in [-0.39, 0.29) is 0 Å². The maximum Gasteiger partial charge on any atom is 0.00944 e. The first kappa shape index (κ1) is 12.0. The lowest BCUT2D eigenvalue weighted by molar-refractivity contribution is 0.513. The van der Waals surface area contributed by atoms with Crippen LogP contribution in [-0.4, -0.2) is 5.25 Å². The van der Waals surface area contributed by atoms with Crippen molar-refractivity contribution in [2.45, 2.75) is 62.0 Å². The van der Waals surface area contributed by atoms with Crippen LogP contribution >= 0.6 is 11.8 Å². The van der Waals surface area contributed by atoms with E-state index in [1.807, 2.05) is 0 Å². The van der Waals surface area contributed by atoms with Gasteiger partial charge in [-0.15, -0.1) is 11.8 Å². The summed E-state index contributed by atoms with van der Waals surface area (Å²) in [5.41, 5.74) is 1.39. The van der Waals surface area contributed by atoms with Gasteiger partial charge in [0.2, 0.25) is 0 Å². The SMILES string of the molecule is Cc1cccc(SC2CCCCCCC2)c1. The standard InChI is InChI=1S/C15H22S/c1-13-8-7-11-15(12-13)16-14-9-5-3-2-4-6-10-14/h7-8,11-12,14H,2-6,9-10H2,1H3. The lowest BCUT2D eigenvalue weighted by Crippen LogP contribution is -2.05. The molecule has 0 atom stereocenters. The van der Waals surface area contributed by atoms with Gasteiger partial charge in [-0.3, -0.25) is 0 Å². The second kappa shape index (κ2) is 6.34. The van der Waals surface area contributed by atoms with E-state index in [0.717, 1.165) is 5.25 Å². The molecular formula is C15H22S. The molecular weight excluding hydrogens is 212 g/mol. The molecule has 0 nitrogen and oxygen atoms in total. The number of hydrogen-bond acceptors (Lipinski definition) is 1. The van der Waals surface area contributed by atoms with Crippen LogP contribution in [0.2, 0.25) is 0 Å². The molecule has 88 valence electrons. The fourth-order valence-corrected chi connectivity index (χ4v) is 3.78. The molecule has 1 aromatic rings. The van der Waals surface area contributed by atoms with Crippen LogP contribution in [-0.2, 0) is 0 Å². The summed E-state index contributed by atoms with van der Waals surface area (Å²) in [6.45, 7) is 2.18. The van der Waals surface area contributed by atoms with E-state index < -0.39 is 0 Å². The monoisotopic (exact) mass is 234 g/mol. The van der Waals surface area contributed by atoms with Gasteiger partial charge in [0, 0.05) is 10.1 Å². The number of hydrogen-bond donors (Lipinski definition) is 0. The molecule has 0 spiro atoms. The zero-order valence-corrected chi connectivity index (χ0v) is 11.1. The highest BCUT2D eigenvalue weighted by molar-refractivity contribution is 8.00. The van der Waals surface area contributed by atoms with Gasteiger partial charge in [-0.1, -0.05) is 49.8 Å². The quantitative estimate of drug-likeness (QED) is 0.677. The molecule has 1 saturated carbocycles. The van der Waals surface area contributed by atoms with E-state index in [1.165, 1.54) is 55.4 Å². The predicted molar refractivity (Wildman–Crippen MR) is 73.1 cm³/mol. The van der Waals surface area contributed by atoms with Crippen molar-refractivity contribution in [3.05, 3.63) is 29.8 Å². The Hall–Kier alpha value is -0.430. The first-order chi connectivity index (χ1) is 7.84. The van der Waals surface area contributed by atoms with Gasteiger partial charge in [-0.2, -0.15) is 0 Å². The third kappa shape index (κ3) is 3.86. The van der Waals surface area contributed by atoms with Crippen LogP contribution < -0.4 is 0 Å². The van der Waals surface area contributed by atoms with Crippen molar-refractivity contribution in [1.82, 2.24) is 0 Å². The van der Waals surface area contributed by atoms with E-state index in [1.54, 1.807) is 0 Å². The van der Waals surface area contributed by atoms with E-state index >= 15 is 0 Å². The summed E-state index contributed by atoms with van der Waals surface area (Å²) in [6.07, 6.45) is 10.1. The van der Waals surface area contributed by atoms with Crippen molar-refractivity contribution >= 4 is 11.8 Å². The predicted octanol–water partition coefficient (Wildman–Crippen LogP) is 5.20. The van der Waals surface area contributed by atoms with E-state index in [0.29, 0.717) is 0 Å². The Morgan fingerprint density at radius 3 is 2.38 bits per heavy atom. The van der Waals surface area contributed by atoms with Crippen molar-refractivity contribution in [1.29, 1.82) is 0 Å². The summed E-state index contributed by atoms with van der Waals surface area (Å²) in [5.74, 6) is 0. The summed E-state index contributed by atoms with van der Waals surface area (Å²) in [7, 11) is 0. The molecule has 0 aromatic heterocycles. The summed E-state index contributed by atoms with van der Waals surface area (Å²) in [6, 6.07) is 8.95. The molecule has 1 fully saturated rings. The maximum absolute atomic E-state index is 2.32. The summed E-state index contributed by atoms with van der Waals surface area (Å²) in [5, 5.41) is 0.863. The Balaban J connectivity index is 1.91. The van der Waals surface area contributed by atoms with E-state index in [9.17, 15) is 0 Å². The molecule has 0 bridgehead atoms. The third-order valence-electron chi connectivity index (χ3n) is 3.34. The molecule has 0 N–H and O–H groups in total. The van der Waals surface area contributed by atoms with Crippen LogP contribution in [0.15, 0.2) is 29.2 Å². The first-order valence-electron chi connectivity index (χ1n) is 6.58. The second-order valence-corrected chi connectivity index (χ2v) is 6.28. The highest BCUT2D eigenvalue weighted by Gasteiger charge is 2.12. The second-order valence-electron chi connectivity index (χ2n) is 4.90. The average Bonchev–Trinajstić information content (AvgIpc) is 2.22. The lowest BCUT2D eigenvalue weighted by Gasteiger charge is -2.19. The minimum absolute atomic E-state index is 0.863. The van der Waals surface area contributed by atoms with Gasteiger partial charge in [-0.05, 0) is 31.9 Å². The van der Waals surface area contributed by atoms with Crippen LogP contribution in [0.1, 0.15) is 50.5 Å². The maximum atomic E-state index is 2.32. The van der Waals surface area contributed by atoms with Gasteiger partial charge in [-0.25, -0.2) is 0 Å². The molecule has 2 rings (SSSR count). The largest absolute Gasteiger partial charge is 0.123 e. The van der Waals surface area contributed by atoms with Crippen molar-refractivity contribution in [3.8, 4) is 0 Å². The first-order valence-corrected chi connectivity index (χ1v) is 7.46. The molecule has 0 heterocycles. The molecule has 0 aliphatic heterocycles. The molecule has 1 aromatic carbocycles. The molecule has 0 saturated heterocycles. The van der Waals surface area contributed by atoms with Crippen molar-refractivity contribution in [2.24, 2.45) is 0 Å². The van der Waals surface area contributed by atoms with Crippen molar-refractivity contribution in [2.75, 3.05) is 0 Å². The van der Waals surface area contributed by atoms with Gasteiger partial charge in [0.1, 0.15) is 0 Å². The van der Waals surface area contributed by atoms with Gasteiger partial charge >= 0.3 is 0 Å². The van der Waals surface area contributed by atoms with Gasteiger partial charge in [0.15, 0.2) is 0 Å². The molecule has 0 amide bonds. The Morgan fingerprint density at radius 1 is 1.00 bits per heavy atom. The molecule has 0 unspecified atom stereocenters. The Labute approximate surface area is 104 Å². The van der Waals surface area contributed by atoms with E-state index in [2.05, 4.69) is 43.0 Å². The highest BCUT2D eigenvalue weighted by atomic mass is 32.2. The minimum Gasteiger partial charge on any atom is -0.123 e. The molecule has 0 radical (unpaired) electrons. The number of rotatable bonds is 2. The Kier molecular flexibility index (Phi) is 4.77. The summed E-state index contributed by atoms with van der Waals surface area (Å²) < 4.78 is 0. The highest BCUT2D eigenvalue weighted by Crippen LogP contribution is 2.32. The number of benzene rings is 1. The van der Waals surface area contributed by atoms with Crippen LogP contribution in [0.25, 0.3) is 0 Å². The van der Waals surface area contributed by atoms with Crippen LogP contribution in [0.3, 0.4) is 0 Å². The van der Waals surface area contributed by atoms with E-state index in [4.69, 9.17) is 0 Å². The minimum atomic E-state index is 0.863. The Morgan fingerprint density at radius 2 is 1.69 bits per heavy atom. The van der Waals surface area contributed by atoms with Crippen LogP contribution in [0.5, 0.6) is 0 Å². The molecule has 1 aliphatic carbocycles. The summed E-state index contributed by atoms with van der Waals surface area (Å²) >= 11 is 2.10. The zero-order valence-electron chi connectivity index (χ0n) is 10.2. The fourth-order valence-electron chi connectivity index (χ4n) is 2.42. The smallest absolute Gasteiger partial charge is 0.00944 e. The number of aryl methyl sites for hydroxylation is 1. The fraction of sp³-hybridized carbons (Fsp3) is 0.600. The van der Waals surface area contributed by atoms with Gasteiger partial charge < -0.3 is 0 Å². The van der Waals surface area contributed by atoms with Crippen LogP contribution in [0, 0.1) is 6.92 Å². The van der Waals surface area contributed by atoms with Crippen molar-refractivity contribution < 1.29 is 0 Å². The summed E-state index contributed by atoms with van der Waals surface area (Å²) in [4.78, 5) is 1.46. The molecule has 16 heavy (non-hydrogen) atoms. The zero-order chi connectivity index (χ0) is 11.2. The molecule has 1 heteroatoms.